The van der Waals surface area contributed by atoms with Crippen molar-refractivity contribution in [3.05, 3.63) is 48.6 Å². The summed E-state index contributed by atoms with van der Waals surface area (Å²) in [5.41, 5.74) is 0. The zero-order chi connectivity index (χ0) is 40.7. The normalized spacial score (nSPS) is 14.1. The third-order valence-corrected chi connectivity index (χ3v) is 10.1. The van der Waals surface area contributed by atoms with E-state index in [0.29, 0.717) is 23.9 Å². The Balaban J connectivity index is 4.46. The fraction of sp³-hybridized carbons (Fsp3) is 0.778. The van der Waals surface area contributed by atoms with Crippen LogP contribution in [0.1, 0.15) is 174 Å². The van der Waals surface area contributed by atoms with Gasteiger partial charge in [0.15, 0.2) is 6.10 Å². The average molecular weight is 797 g/mol. The summed E-state index contributed by atoms with van der Waals surface area (Å²) in [4.78, 5) is 35.3. The summed E-state index contributed by atoms with van der Waals surface area (Å²) in [5, 5.41) is 0. The molecule has 0 heterocycles. The van der Waals surface area contributed by atoms with Gasteiger partial charge >= 0.3 is 19.8 Å². The first-order chi connectivity index (χ1) is 26.5. The van der Waals surface area contributed by atoms with Gasteiger partial charge in [0, 0.05) is 12.8 Å². The molecule has 2 atom stereocenters. The summed E-state index contributed by atoms with van der Waals surface area (Å²) in [6, 6.07) is 0. The predicted molar refractivity (Wildman–Crippen MR) is 229 cm³/mol. The van der Waals surface area contributed by atoms with Gasteiger partial charge in [-0.2, -0.15) is 0 Å². The zero-order valence-electron chi connectivity index (χ0n) is 35.9. The Morgan fingerprint density at radius 3 is 1.55 bits per heavy atom. The van der Waals surface area contributed by atoms with Gasteiger partial charge < -0.3 is 18.9 Å². The number of phosphoric acid groups is 1. The number of likely N-dealkylation sites (N-methyl/N-ethyl adjacent to an activating group) is 1. The number of carbonyl (C=O) groups is 2. The Labute approximate surface area is 337 Å². The van der Waals surface area contributed by atoms with Gasteiger partial charge in [0.1, 0.15) is 19.8 Å². The second-order valence-corrected chi connectivity index (χ2v) is 17.2. The van der Waals surface area contributed by atoms with Crippen LogP contribution < -0.4 is 0 Å². The Morgan fingerprint density at radius 1 is 0.564 bits per heavy atom. The van der Waals surface area contributed by atoms with Gasteiger partial charge in [-0.3, -0.25) is 18.6 Å². The van der Waals surface area contributed by atoms with Crippen molar-refractivity contribution in [2.24, 2.45) is 0 Å². The maximum atomic E-state index is 12.7. The number of quaternary nitrogens is 1. The van der Waals surface area contributed by atoms with E-state index in [2.05, 4.69) is 62.5 Å². The third-order valence-electron chi connectivity index (χ3n) is 9.08. The van der Waals surface area contributed by atoms with E-state index in [0.717, 1.165) is 64.2 Å². The van der Waals surface area contributed by atoms with Crippen molar-refractivity contribution in [2.75, 3.05) is 47.5 Å². The number of allylic oxidation sites excluding steroid dienone is 8. The molecule has 1 unspecified atom stereocenters. The number of rotatable bonds is 39. The van der Waals surface area contributed by atoms with Crippen molar-refractivity contribution in [3.63, 3.8) is 0 Å². The molecular weight excluding hydrogens is 713 g/mol. The van der Waals surface area contributed by atoms with Crippen LogP contribution in [0.25, 0.3) is 0 Å². The Morgan fingerprint density at radius 2 is 1.02 bits per heavy atom. The summed E-state index contributed by atoms with van der Waals surface area (Å²) < 4.78 is 34.2. The van der Waals surface area contributed by atoms with Gasteiger partial charge in [0.05, 0.1) is 27.7 Å². The number of nitrogens with zero attached hydrogens (tertiary/aromatic N) is 1. The van der Waals surface area contributed by atoms with Crippen molar-refractivity contribution in [1.82, 2.24) is 0 Å². The van der Waals surface area contributed by atoms with Gasteiger partial charge in [0.25, 0.3) is 0 Å². The van der Waals surface area contributed by atoms with Crippen molar-refractivity contribution in [2.45, 2.75) is 180 Å². The number of hydrogen-bond donors (Lipinski definition) is 1. The maximum Gasteiger partial charge on any atom is 0.472 e. The van der Waals surface area contributed by atoms with Crippen LogP contribution in [-0.2, 0) is 32.7 Å². The highest BCUT2D eigenvalue weighted by molar-refractivity contribution is 7.47. The minimum absolute atomic E-state index is 0.0207. The second-order valence-electron chi connectivity index (χ2n) is 15.7. The van der Waals surface area contributed by atoms with E-state index in [1.807, 2.05) is 21.1 Å². The first kappa shape index (κ1) is 53.0. The molecule has 0 radical (unpaired) electrons. The highest BCUT2D eigenvalue weighted by atomic mass is 31.2. The van der Waals surface area contributed by atoms with E-state index in [1.165, 1.54) is 70.6 Å². The van der Waals surface area contributed by atoms with Crippen LogP contribution in [0.4, 0.5) is 0 Å². The molecule has 9 nitrogen and oxygen atoms in total. The molecule has 0 aliphatic carbocycles. The van der Waals surface area contributed by atoms with Crippen LogP contribution >= 0.6 is 7.82 Å². The molecule has 0 bridgehead atoms. The number of unbranched alkanes of at least 4 members (excludes halogenated alkanes) is 17. The number of hydrogen-bond acceptors (Lipinski definition) is 7. The lowest BCUT2D eigenvalue weighted by molar-refractivity contribution is -0.870. The highest BCUT2D eigenvalue weighted by Gasteiger charge is 2.27. The molecule has 0 aliphatic rings. The standard InChI is InChI=1S/C45H82NO8P/c1-6-8-10-12-14-16-18-20-22-23-24-26-28-30-32-34-36-38-45(48)54-43(42-53-55(49,50)52-40-39-46(3,4)5)41-51-44(47)37-35-33-31-29-27-25-21-19-17-15-13-11-9-7-2/h13,15,19,21,24,26,30,32,43H,6-12,14,16-18,20,22-23,25,27-29,31,33-42H2,1-5H3/p+1/b15-13+,21-19+,26-24+,32-30+/t43-/m1/s1. The molecule has 0 aliphatic heterocycles. The van der Waals surface area contributed by atoms with Crippen molar-refractivity contribution >= 4 is 19.8 Å². The molecule has 0 saturated heterocycles. The lowest BCUT2D eigenvalue weighted by Gasteiger charge is -2.24. The first-order valence-corrected chi connectivity index (χ1v) is 23.4. The molecule has 0 aromatic heterocycles. The molecule has 0 aromatic rings. The lowest BCUT2D eigenvalue weighted by atomic mass is 10.1. The van der Waals surface area contributed by atoms with Gasteiger partial charge in [-0.1, -0.05) is 146 Å². The first-order valence-electron chi connectivity index (χ1n) is 21.9. The van der Waals surface area contributed by atoms with Crippen LogP contribution in [-0.4, -0.2) is 74.9 Å². The monoisotopic (exact) mass is 797 g/mol. The van der Waals surface area contributed by atoms with Crippen molar-refractivity contribution < 1.29 is 42.1 Å². The highest BCUT2D eigenvalue weighted by Crippen LogP contribution is 2.43. The summed E-state index contributed by atoms with van der Waals surface area (Å²) >= 11 is 0. The summed E-state index contributed by atoms with van der Waals surface area (Å²) in [5.74, 6) is -0.870. The Hall–Kier alpha value is -2.03. The topological polar surface area (TPSA) is 108 Å². The third kappa shape index (κ3) is 41.4. The SMILES string of the molecule is CCCC/C=C/C/C=C/CCCCCCCC(=O)OC[C@H](COP(=O)(O)OCC[N+](C)(C)C)OC(=O)CCC/C=C/C/C=C/CCCCCCCCCCC. The van der Waals surface area contributed by atoms with Crippen LogP contribution in [0.5, 0.6) is 0 Å². The summed E-state index contributed by atoms with van der Waals surface area (Å²) in [6.45, 7) is 4.31. The van der Waals surface area contributed by atoms with E-state index in [-0.39, 0.29) is 26.1 Å². The van der Waals surface area contributed by atoms with E-state index in [1.54, 1.807) is 0 Å². The quantitative estimate of drug-likeness (QED) is 0.0215. The minimum Gasteiger partial charge on any atom is -0.462 e. The Kier molecular flexibility index (Phi) is 36.2. The second kappa shape index (κ2) is 37.5. The smallest absolute Gasteiger partial charge is 0.462 e. The molecular formula is C45H83NO8P+. The molecule has 0 fully saturated rings. The largest absolute Gasteiger partial charge is 0.472 e. The van der Waals surface area contributed by atoms with Crippen LogP contribution in [0.3, 0.4) is 0 Å². The fourth-order valence-corrected chi connectivity index (χ4v) is 6.34. The molecule has 10 heteroatoms. The molecule has 320 valence electrons. The van der Waals surface area contributed by atoms with E-state index < -0.39 is 32.5 Å². The molecule has 1 N–H and O–H groups in total. The van der Waals surface area contributed by atoms with E-state index in [4.69, 9.17) is 18.5 Å². The van der Waals surface area contributed by atoms with Gasteiger partial charge in [0.2, 0.25) is 0 Å². The van der Waals surface area contributed by atoms with E-state index in [9.17, 15) is 19.0 Å². The maximum absolute atomic E-state index is 12.7. The number of ether oxygens (including phenoxy) is 2. The summed E-state index contributed by atoms with van der Waals surface area (Å²) in [7, 11) is 1.44. The lowest BCUT2D eigenvalue weighted by Crippen LogP contribution is -2.37. The van der Waals surface area contributed by atoms with Crippen LogP contribution in [0.15, 0.2) is 48.6 Å². The number of carbonyl (C=O) groups excluding carboxylic acids is 2. The van der Waals surface area contributed by atoms with Gasteiger partial charge in [-0.05, 0) is 64.2 Å². The predicted octanol–water partition coefficient (Wildman–Crippen LogP) is 12.3. The Bertz CT molecular complexity index is 1080. The number of esters is 2. The van der Waals surface area contributed by atoms with E-state index >= 15 is 0 Å². The van der Waals surface area contributed by atoms with Crippen molar-refractivity contribution in [3.8, 4) is 0 Å². The summed E-state index contributed by atoms with van der Waals surface area (Å²) in [6.07, 6.45) is 43.1. The minimum atomic E-state index is -4.39. The molecule has 0 amide bonds. The van der Waals surface area contributed by atoms with Gasteiger partial charge in [-0.15, -0.1) is 0 Å². The van der Waals surface area contributed by atoms with Gasteiger partial charge in [-0.25, -0.2) is 4.57 Å². The molecule has 0 aromatic carbocycles. The van der Waals surface area contributed by atoms with Crippen LogP contribution in [0.2, 0.25) is 0 Å². The van der Waals surface area contributed by atoms with Crippen molar-refractivity contribution in [1.29, 1.82) is 0 Å². The zero-order valence-corrected chi connectivity index (χ0v) is 36.8. The van der Waals surface area contributed by atoms with Crippen LogP contribution in [0, 0.1) is 0 Å². The number of phosphoric ester groups is 1. The fourth-order valence-electron chi connectivity index (χ4n) is 5.60. The molecule has 0 rings (SSSR count). The molecule has 0 spiro atoms. The molecule has 0 saturated carbocycles. The average Bonchev–Trinajstić information content (AvgIpc) is 3.13. The molecule has 55 heavy (non-hydrogen) atoms.